The van der Waals surface area contributed by atoms with Gasteiger partial charge in [0, 0.05) is 12.8 Å². The molecule has 7 nitrogen and oxygen atoms in total. The zero-order valence-corrected chi connectivity index (χ0v) is 18.3. The maximum atomic E-state index is 12.9. The molecule has 0 radical (unpaired) electrons. The summed E-state index contributed by atoms with van der Waals surface area (Å²) in [5.41, 5.74) is 4.11. The first-order valence-electron chi connectivity index (χ1n) is 10.3. The first-order chi connectivity index (χ1) is 13.7. The lowest BCUT2D eigenvalue weighted by molar-refractivity contribution is -0.139. The molecule has 3 unspecified atom stereocenters. The van der Waals surface area contributed by atoms with Crippen LogP contribution in [-0.4, -0.2) is 36.0 Å². The molecule has 0 bridgehead atoms. The van der Waals surface area contributed by atoms with E-state index in [1.165, 1.54) is 0 Å². The zero-order chi connectivity index (χ0) is 22.1. The van der Waals surface area contributed by atoms with Crippen LogP contribution in [0.15, 0.2) is 30.3 Å². The van der Waals surface area contributed by atoms with E-state index in [4.69, 9.17) is 5.73 Å². The van der Waals surface area contributed by atoms with Gasteiger partial charge in [-0.1, -0.05) is 57.5 Å². The van der Waals surface area contributed by atoms with Gasteiger partial charge in [0.2, 0.25) is 11.8 Å². The highest BCUT2D eigenvalue weighted by atomic mass is 16.2. The molecule has 7 heteroatoms. The van der Waals surface area contributed by atoms with E-state index in [1.807, 2.05) is 51.1 Å². The van der Waals surface area contributed by atoms with Crippen molar-refractivity contribution < 1.29 is 14.4 Å². The predicted molar refractivity (Wildman–Crippen MR) is 115 cm³/mol. The van der Waals surface area contributed by atoms with Crippen LogP contribution < -0.4 is 21.7 Å². The van der Waals surface area contributed by atoms with Crippen molar-refractivity contribution in [2.24, 2.45) is 5.73 Å². The van der Waals surface area contributed by atoms with Gasteiger partial charge < -0.3 is 16.4 Å². The Morgan fingerprint density at radius 3 is 2.14 bits per heavy atom. The highest BCUT2D eigenvalue weighted by molar-refractivity contribution is 5.92. The molecule has 3 atom stereocenters. The van der Waals surface area contributed by atoms with Gasteiger partial charge in [-0.3, -0.25) is 19.7 Å². The molecule has 0 saturated heterocycles. The molecule has 0 heterocycles. The van der Waals surface area contributed by atoms with Crippen LogP contribution >= 0.6 is 0 Å². The number of carbonyl (C=O) groups is 3. The lowest BCUT2D eigenvalue weighted by Crippen LogP contribution is -2.80. The standard InChI is InChI=1S/C22H36N4O3/c1-6-11-18(27)26-22(24-5,20(23)29)21(4,14-7-2)25-19(28)15-16(3)17-12-9-8-10-13-17/h8-10,12-13,16,24H,6-7,11,14-15H2,1-5H3,(H2,23,29)(H,25,28)(H,26,27). The predicted octanol–water partition coefficient (Wildman–Crippen LogP) is 2.17. The summed E-state index contributed by atoms with van der Waals surface area (Å²) >= 11 is 0. The van der Waals surface area contributed by atoms with Crippen molar-refractivity contribution in [2.75, 3.05) is 7.05 Å². The number of nitrogens with one attached hydrogen (secondary N) is 3. The Labute approximate surface area is 174 Å². The molecule has 3 amide bonds. The maximum Gasteiger partial charge on any atom is 0.260 e. The van der Waals surface area contributed by atoms with E-state index >= 15 is 0 Å². The van der Waals surface area contributed by atoms with E-state index in [1.54, 1.807) is 14.0 Å². The van der Waals surface area contributed by atoms with E-state index in [2.05, 4.69) is 16.0 Å². The number of likely N-dealkylation sites (N-methyl/N-ethyl adjacent to an activating group) is 1. The minimum absolute atomic E-state index is 0.00863. The Morgan fingerprint density at radius 2 is 1.66 bits per heavy atom. The van der Waals surface area contributed by atoms with Crippen molar-refractivity contribution in [1.82, 2.24) is 16.0 Å². The fraction of sp³-hybridized carbons (Fsp3) is 0.591. The number of hydrogen-bond donors (Lipinski definition) is 4. The minimum Gasteiger partial charge on any atom is -0.366 e. The fourth-order valence-corrected chi connectivity index (χ4v) is 3.81. The smallest absolute Gasteiger partial charge is 0.260 e. The monoisotopic (exact) mass is 404 g/mol. The maximum absolute atomic E-state index is 12.9. The summed E-state index contributed by atoms with van der Waals surface area (Å²) < 4.78 is 0. The Morgan fingerprint density at radius 1 is 1.03 bits per heavy atom. The third-order valence-electron chi connectivity index (χ3n) is 5.40. The molecule has 5 N–H and O–H groups in total. The summed E-state index contributed by atoms with van der Waals surface area (Å²) in [6.07, 6.45) is 2.29. The molecule has 0 saturated carbocycles. The summed E-state index contributed by atoms with van der Waals surface area (Å²) in [7, 11) is 1.56. The normalized spacial score (nSPS) is 16.2. The number of nitrogens with two attached hydrogens (primary N) is 1. The molecule has 29 heavy (non-hydrogen) atoms. The Balaban J connectivity index is 3.13. The highest BCUT2D eigenvalue weighted by Crippen LogP contribution is 2.27. The minimum atomic E-state index is -1.60. The van der Waals surface area contributed by atoms with Gasteiger partial charge in [0.25, 0.3) is 5.91 Å². The van der Waals surface area contributed by atoms with Gasteiger partial charge >= 0.3 is 0 Å². The van der Waals surface area contributed by atoms with Crippen LogP contribution in [-0.2, 0) is 14.4 Å². The van der Waals surface area contributed by atoms with Crippen molar-refractivity contribution >= 4 is 17.7 Å². The largest absolute Gasteiger partial charge is 0.366 e. The van der Waals surface area contributed by atoms with Gasteiger partial charge in [0.15, 0.2) is 5.66 Å². The number of hydrogen-bond acceptors (Lipinski definition) is 4. The Hall–Kier alpha value is -2.41. The average molecular weight is 405 g/mol. The van der Waals surface area contributed by atoms with Crippen molar-refractivity contribution in [1.29, 1.82) is 0 Å². The Bertz CT molecular complexity index is 695. The van der Waals surface area contributed by atoms with E-state index in [9.17, 15) is 14.4 Å². The van der Waals surface area contributed by atoms with Crippen molar-refractivity contribution in [3.05, 3.63) is 35.9 Å². The van der Waals surface area contributed by atoms with E-state index in [0.717, 1.165) is 5.56 Å². The van der Waals surface area contributed by atoms with Crippen LogP contribution in [0.4, 0.5) is 0 Å². The molecule has 0 aliphatic carbocycles. The van der Waals surface area contributed by atoms with Crippen LogP contribution in [0.5, 0.6) is 0 Å². The molecule has 0 aromatic heterocycles. The van der Waals surface area contributed by atoms with Crippen LogP contribution in [0.1, 0.15) is 71.3 Å². The van der Waals surface area contributed by atoms with Gasteiger partial charge in [-0.25, -0.2) is 0 Å². The van der Waals surface area contributed by atoms with Gasteiger partial charge in [-0.05, 0) is 38.3 Å². The molecule has 0 aliphatic heterocycles. The second-order valence-electron chi connectivity index (χ2n) is 7.81. The van der Waals surface area contributed by atoms with Crippen LogP contribution in [0.25, 0.3) is 0 Å². The molecular formula is C22H36N4O3. The van der Waals surface area contributed by atoms with Crippen LogP contribution in [0.3, 0.4) is 0 Å². The third-order valence-corrected chi connectivity index (χ3v) is 5.40. The molecule has 0 fully saturated rings. The summed E-state index contributed by atoms with van der Waals surface area (Å²) in [5.74, 6) is -1.23. The fourth-order valence-electron chi connectivity index (χ4n) is 3.81. The number of benzene rings is 1. The number of carbonyl (C=O) groups excluding carboxylic acids is 3. The summed E-state index contributed by atoms with van der Waals surface area (Å²) in [4.78, 5) is 37.8. The molecule has 0 aliphatic rings. The van der Waals surface area contributed by atoms with E-state index < -0.39 is 17.1 Å². The zero-order valence-electron chi connectivity index (χ0n) is 18.3. The number of rotatable bonds is 12. The van der Waals surface area contributed by atoms with Gasteiger partial charge in [-0.2, -0.15) is 0 Å². The topological polar surface area (TPSA) is 113 Å². The number of primary amides is 1. The molecular weight excluding hydrogens is 368 g/mol. The highest BCUT2D eigenvalue weighted by Gasteiger charge is 2.53. The molecule has 0 spiro atoms. The van der Waals surface area contributed by atoms with Crippen molar-refractivity contribution in [2.45, 2.75) is 76.9 Å². The average Bonchev–Trinajstić information content (AvgIpc) is 2.66. The summed E-state index contributed by atoms with van der Waals surface area (Å²) in [5, 5.41) is 8.65. The van der Waals surface area contributed by atoms with Crippen molar-refractivity contribution in [3.63, 3.8) is 0 Å². The van der Waals surface area contributed by atoms with Crippen LogP contribution in [0, 0.1) is 0 Å². The molecule has 1 rings (SSSR count). The van der Waals surface area contributed by atoms with Gasteiger partial charge in [0.1, 0.15) is 0 Å². The lowest BCUT2D eigenvalue weighted by Gasteiger charge is -2.47. The third kappa shape index (κ3) is 6.03. The summed E-state index contributed by atoms with van der Waals surface area (Å²) in [6, 6.07) is 9.77. The quantitative estimate of drug-likeness (QED) is 0.400. The van der Waals surface area contributed by atoms with Crippen molar-refractivity contribution in [3.8, 4) is 0 Å². The molecule has 1 aromatic carbocycles. The van der Waals surface area contributed by atoms with Gasteiger partial charge in [-0.15, -0.1) is 0 Å². The van der Waals surface area contributed by atoms with Crippen LogP contribution in [0.2, 0.25) is 0 Å². The first kappa shape index (κ1) is 24.6. The molecule has 1 aromatic rings. The Kier molecular flexibility index (Phi) is 9.30. The lowest BCUT2D eigenvalue weighted by atomic mass is 9.79. The summed E-state index contributed by atoms with van der Waals surface area (Å²) in [6.45, 7) is 7.55. The van der Waals surface area contributed by atoms with E-state index in [-0.39, 0.29) is 30.6 Å². The number of amides is 3. The molecule has 162 valence electrons. The van der Waals surface area contributed by atoms with E-state index in [0.29, 0.717) is 19.3 Å². The second-order valence-corrected chi connectivity index (χ2v) is 7.81. The first-order valence-corrected chi connectivity index (χ1v) is 10.3. The second kappa shape index (κ2) is 11.0. The van der Waals surface area contributed by atoms with Gasteiger partial charge in [0.05, 0.1) is 5.54 Å². The SMILES string of the molecule is CCCC(=O)NC(NC)(C(N)=O)C(C)(CCC)NC(=O)CC(C)c1ccccc1.